The van der Waals surface area contributed by atoms with Crippen LogP contribution in [0.3, 0.4) is 0 Å². The van der Waals surface area contributed by atoms with Crippen LogP contribution in [0.1, 0.15) is 35.8 Å². The van der Waals surface area contributed by atoms with E-state index in [1.165, 1.54) is 66.8 Å². The molecule has 0 spiro atoms. The largest absolute Gasteiger partial charge is 0.295 e. The maximum atomic E-state index is 12.8. The van der Waals surface area contributed by atoms with Gasteiger partial charge in [-0.2, -0.15) is 4.31 Å². The summed E-state index contributed by atoms with van der Waals surface area (Å²) in [4.78, 5) is 11.3. The summed E-state index contributed by atoms with van der Waals surface area (Å²) >= 11 is 0. The van der Waals surface area contributed by atoms with Crippen molar-refractivity contribution in [2.24, 2.45) is 5.14 Å². The van der Waals surface area contributed by atoms with Crippen molar-refractivity contribution in [1.82, 2.24) is 4.31 Å². The highest BCUT2D eigenvalue weighted by Crippen LogP contribution is 2.26. The fraction of sp³-hybridized carbons (Fsp3) is 0.235. The van der Waals surface area contributed by atoms with Crippen LogP contribution in [0.2, 0.25) is 0 Å². The first-order chi connectivity index (χ1) is 11.9. The van der Waals surface area contributed by atoms with Crippen molar-refractivity contribution >= 4 is 25.8 Å². The van der Waals surface area contributed by atoms with E-state index >= 15 is 0 Å². The Balaban J connectivity index is 2.30. The molecule has 0 fully saturated rings. The van der Waals surface area contributed by atoms with Gasteiger partial charge in [0.2, 0.25) is 20.0 Å². The van der Waals surface area contributed by atoms with Crippen LogP contribution in [0, 0.1) is 0 Å². The molecule has 0 bridgehead atoms. The molecule has 0 radical (unpaired) electrons. The number of nitrogens with zero attached hydrogens (tertiary/aromatic N) is 1. The van der Waals surface area contributed by atoms with Crippen LogP contribution in [-0.2, 0) is 20.0 Å². The predicted molar refractivity (Wildman–Crippen MR) is 97.6 cm³/mol. The molecule has 140 valence electrons. The number of carbonyl (C=O) groups excluding carboxylic acids is 1. The number of benzene rings is 2. The van der Waals surface area contributed by atoms with E-state index in [9.17, 15) is 21.6 Å². The van der Waals surface area contributed by atoms with Gasteiger partial charge in [-0.25, -0.2) is 22.0 Å². The summed E-state index contributed by atoms with van der Waals surface area (Å²) in [5, 5.41) is 5.06. The van der Waals surface area contributed by atoms with Crippen molar-refractivity contribution in [3.8, 4) is 0 Å². The molecule has 7 nitrogen and oxygen atoms in total. The third kappa shape index (κ3) is 4.18. The molecule has 0 heterocycles. The Morgan fingerprint density at radius 1 is 0.923 bits per heavy atom. The van der Waals surface area contributed by atoms with Crippen molar-refractivity contribution in [3.05, 3.63) is 59.7 Å². The summed E-state index contributed by atoms with van der Waals surface area (Å²) in [6, 6.07) is 10.9. The van der Waals surface area contributed by atoms with Gasteiger partial charge in [-0.05, 0) is 43.7 Å². The van der Waals surface area contributed by atoms with E-state index < -0.39 is 26.1 Å². The number of primary sulfonamides is 1. The lowest BCUT2D eigenvalue weighted by atomic mass is 10.1. The molecule has 2 aromatic carbocycles. The summed E-state index contributed by atoms with van der Waals surface area (Å²) < 4.78 is 49.4. The molecule has 0 aliphatic heterocycles. The third-order valence-electron chi connectivity index (χ3n) is 4.17. The standard InChI is InChI=1S/C17H20N2O5S2/c1-12(14-4-8-16(9-5-14)25(18,21)22)19(3)26(23,24)17-10-6-15(7-11-17)13(2)20/h4-12H,1-3H3,(H2,18,21,22). The molecule has 0 aliphatic carbocycles. The second kappa shape index (κ2) is 7.28. The zero-order chi connectivity index (χ0) is 19.7. The molecular formula is C17H20N2O5S2. The van der Waals surface area contributed by atoms with Crippen LogP contribution in [0.5, 0.6) is 0 Å². The van der Waals surface area contributed by atoms with Gasteiger partial charge in [-0.3, -0.25) is 4.79 Å². The van der Waals surface area contributed by atoms with E-state index in [-0.39, 0.29) is 15.6 Å². The van der Waals surface area contributed by atoms with Gasteiger partial charge >= 0.3 is 0 Å². The van der Waals surface area contributed by atoms with Crippen LogP contribution in [0.25, 0.3) is 0 Å². The van der Waals surface area contributed by atoms with E-state index in [1.807, 2.05) is 0 Å². The number of rotatable bonds is 6. The number of hydrogen-bond acceptors (Lipinski definition) is 5. The first-order valence-electron chi connectivity index (χ1n) is 7.66. The molecule has 2 rings (SSSR count). The van der Waals surface area contributed by atoms with Gasteiger partial charge in [0.05, 0.1) is 9.79 Å². The molecule has 26 heavy (non-hydrogen) atoms. The van der Waals surface area contributed by atoms with Crippen LogP contribution in [0.15, 0.2) is 58.3 Å². The summed E-state index contributed by atoms with van der Waals surface area (Å²) in [5.74, 6) is -0.148. The third-order valence-corrected chi connectivity index (χ3v) is 7.05. The van der Waals surface area contributed by atoms with E-state index in [0.717, 1.165) is 0 Å². The Bertz CT molecular complexity index is 1010. The first kappa shape index (κ1) is 20.2. The highest BCUT2D eigenvalue weighted by Gasteiger charge is 2.26. The molecule has 0 saturated carbocycles. The fourth-order valence-corrected chi connectivity index (χ4v) is 4.25. The number of carbonyl (C=O) groups is 1. The number of nitrogens with two attached hydrogens (primary N) is 1. The van der Waals surface area contributed by atoms with Gasteiger partial charge in [-0.15, -0.1) is 0 Å². The molecular weight excluding hydrogens is 376 g/mol. The lowest BCUT2D eigenvalue weighted by molar-refractivity contribution is 0.101. The summed E-state index contributed by atoms with van der Waals surface area (Å²) in [6.45, 7) is 3.09. The van der Waals surface area contributed by atoms with E-state index in [2.05, 4.69) is 0 Å². The predicted octanol–water partition coefficient (Wildman–Crippen LogP) is 1.92. The zero-order valence-corrected chi connectivity index (χ0v) is 16.2. The molecule has 1 unspecified atom stereocenters. The minimum atomic E-state index is -3.81. The molecule has 0 saturated heterocycles. The van der Waals surface area contributed by atoms with Crippen molar-refractivity contribution < 1.29 is 21.6 Å². The zero-order valence-electron chi connectivity index (χ0n) is 14.6. The first-order valence-corrected chi connectivity index (χ1v) is 10.6. The topological polar surface area (TPSA) is 115 Å². The Morgan fingerprint density at radius 2 is 1.38 bits per heavy atom. The van der Waals surface area contributed by atoms with Crippen molar-refractivity contribution in [2.45, 2.75) is 29.7 Å². The van der Waals surface area contributed by atoms with Crippen molar-refractivity contribution in [3.63, 3.8) is 0 Å². The second-order valence-electron chi connectivity index (χ2n) is 5.89. The van der Waals surface area contributed by atoms with E-state index in [1.54, 1.807) is 6.92 Å². The highest BCUT2D eigenvalue weighted by atomic mass is 32.2. The molecule has 0 aromatic heterocycles. The smallest absolute Gasteiger partial charge is 0.243 e. The van der Waals surface area contributed by atoms with Crippen molar-refractivity contribution in [2.75, 3.05) is 7.05 Å². The SMILES string of the molecule is CC(=O)c1ccc(S(=O)(=O)N(C)C(C)c2ccc(S(N)(=O)=O)cc2)cc1. The number of sulfonamides is 2. The maximum absolute atomic E-state index is 12.8. The Labute approximate surface area is 153 Å². The van der Waals surface area contributed by atoms with Gasteiger partial charge in [0.25, 0.3) is 0 Å². The number of hydrogen-bond donors (Lipinski definition) is 1. The van der Waals surface area contributed by atoms with E-state index in [4.69, 9.17) is 5.14 Å². The van der Waals surface area contributed by atoms with Crippen LogP contribution >= 0.6 is 0 Å². The molecule has 0 amide bonds. The monoisotopic (exact) mass is 396 g/mol. The molecule has 1 atom stereocenters. The number of Topliss-reactive ketones (excluding diaryl/α,β-unsaturated/α-hetero) is 1. The van der Waals surface area contributed by atoms with Gasteiger partial charge in [0.15, 0.2) is 5.78 Å². The molecule has 9 heteroatoms. The average molecular weight is 396 g/mol. The van der Waals surface area contributed by atoms with Gasteiger partial charge in [-0.1, -0.05) is 24.3 Å². The lowest BCUT2D eigenvalue weighted by Gasteiger charge is -2.25. The maximum Gasteiger partial charge on any atom is 0.243 e. The van der Waals surface area contributed by atoms with Crippen molar-refractivity contribution in [1.29, 1.82) is 0 Å². The van der Waals surface area contributed by atoms with E-state index in [0.29, 0.717) is 11.1 Å². The fourth-order valence-electron chi connectivity index (χ4n) is 2.38. The number of ketones is 1. The minimum Gasteiger partial charge on any atom is -0.295 e. The normalized spacial score (nSPS) is 13.6. The average Bonchev–Trinajstić information content (AvgIpc) is 2.59. The summed E-state index contributed by atoms with van der Waals surface area (Å²) in [6.07, 6.45) is 0. The lowest BCUT2D eigenvalue weighted by Crippen LogP contribution is -2.29. The minimum absolute atomic E-state index is 0.0428. The Kier molecular flexibility index (Phi) is 5.67. The van der Waals surface area contributed by atoms with Crippen LogP contribution in [-0.4, -0.2) is 34.0 Å². The Hall–Kier alpha value is -2.07. The molecule has 2 aromatic rings. The van der Waals surface area contributed by atoms with Gasteiger partial charge in [0, 0.05) is 18.7 Å². The van der Waals surface area contributed by atoms with Crippen LogP contribution in [0.4, 0.5) is 0 Å². The summed E-state index contributed by atoms with van der Waals surface area (Å²) in [7, 11) is -6.16. The highest BCUT2D eigenvalue weighted by molar-refractivity contribution is 7.89. The summed E-state index contributed by atoms with van der Waals surface area (Å²) in [5.41, 5.74) is 1.04. The second-order valence-corrected chi connectivity index (χ2v) is 9.45. The quantitative estimate of drug-likeness (QED) is 0.749. The van der Waals surface area contributed by atoms with Crippen LogP contribution < -0.4 is 5.14 Å². The van der Waals surface area contributed by atoms with Gasteiger partial charge < -0.3 is 0 Å². The molecule has 2 N–H and O–H groups in total. The van der Waals surface area contributed by atoms with Gasteiger partial charge in [0.1, 0.15) is 0 Å². The Morgan fingerprint density at radius 3 is 1.81 bits per heavy atom. The molecule has 0 aliphatic rings.